The van der Waals surface area contributed by atoms with Crippen LogP contribution in [0.3, 0.4) is 0 Å². The Hall–Kier alpha value is -2.73. The summed E-state index contributed by atoms with van der Waals surface area (Å²) in [5.74, 6) is -0.657. The minimum absolute atomic E-state index is 0.138. The van der Waals surface area contributed by atoms with Crippen LogP contribution < -0.4 is 0 Å². The number of amides is 2. The fourth-order valence-electron chi connectivity index (χ4n) is 3.92. The predicted molar refractivity (Wildman–Crippen MR) is 95.2 cm³/mol. The molecule has 1 aliphatic carbocycles. The average Bonchev–Trinajstić information content (AvgIpc) is 3.16. The van der Waals surface area contributed by atoms with Crippen molar-refractivity contribution in [1.82, 2.24) is 4.90 Å². The van der Waals surface area contributed by atoms with Crippen molar-refractivity contribution in [3.63, 3.8) is 0 Å². The average molecular weight is 369 g/mol. The second kappa shape index (κ2) is 7.12. The van der Waals surface area contributed by atoms with E-state index in [9.17, 15) is 19.1 Å². The van der Waals surface area contributed by atoms with E-state index >= 15 is 0 Å². The van der Waals surface area contributed by atoms with E-state index in [0.29, 0.717) is 24.8 Å². The molecule has 0 bridgehead atoms. The molecular formula is C21H20FNO4. The zero-order valence-electron chi connectivity index (χ0n) is 14.7. The van der Waals surface area contributed by atoms with Gasteiger partial charge in [-0.15, -0.1) is 0 Å². The van der Waals surface area contributed by atoms with Crippen LogP contribution in [0.1, 0.15) is 48.1 Å². The molecule has 4 rings (SSSR count). The summed E-state index contributed by atoms with van der Waals surface area (Å²) in [5, 5.41) is 10.2. The third-order valence-electron chi connectivity index (χ3n) is 5.27. The van der Waals surface area contributed by atoms with Gasteiger partial charge in [0.15, 0.2) is 0 Å². The summed E-state index contributed by atoms with van der Waals surface area (Å²) >= 11 is 0. The first-order valence-corrected chi connectivity index (χ1v) is 9.08. The molecular weight excluding hydrogens is 349 g/mol. The van der Waals surface area contributed by atoms with E-state index in [-0.39, 0.29) is 30.3 Å². The van der Waals surface area contributed by atoms with Crippen molar-refractivity contribution in [2.45, 2.75) is 43.9 Å². The van der Waals surface area contributed by atoms with Crippen LogP contribution in [0.25, 0.3) is 0 Å². The summed E-state index contributed by atoms with van der Waals surface area (Å²) in [4.78, 5) is 26.1. The molecule has 1 aliphatic heterocycles. The first-order chi connectivity index (χ1) is 13.0. The number of nitrogens with zero attached hydrogens (tertiary/aromatic N) is 1. The van der Waals surface area contributed by atoms with Gasteiger partial charge in [0.25, 0.3) is 0 Å². The number of aliphatic hydroxyl groups excluding tert-OH is 1. The molecule has 1 N–H and O–H groups in total. The predicted octanol–water partition coefficient (Wildman–Crippen LogP) is 3.67. The van der Waals surface area contributed by atoms with E-state index < -0.39 is 12.2 Å². The number of carbonyl (C=O) groups excluding carboxylic acids is 2. The molecule has 0 saturated carbocycles. The van der Waals surface area contributed by atoms with Gasteiger partial charge >= 0.3 is 6.09 Å². The van der Waals surface area contributed by atoms with Gasteiger partial charge in [-0.3, -0.25) is 4.79 Å². The minimum atomic E-state index is -0.774. The van der Waals surface area contributed by atoms with Crippen LogP contribution in [0.15, 0.2) is 48.5 Å². The molecule has 2 amide bonds. The van der Waals surface area contributed by atoms with Crippen LogP contribution in [0.5, 0.6) is 0 Å². The van der Waals surface area contributed by atoms with Crippen molar-refractivity contribution >= 4 is 12.0 Å². The molecule has 1 fully saturated rings. The number of ether oxygens (including phenoxy) is 1. The highest BCUT2D eigenvalue weighted by Gasteiger charge is 2.49. The lowest BCUT2D eigenvalue weighted by Gasteiger charge is -2.20. The largest absolute Gasteiger partial charge is 0.443 e. The molecule has 2 aliphatic rings. The summed E-state index contributed by atoms with van der Waals surface area (Å²) in [5.41, 5.74) is 2.67. The lowest BCUT2D eigenvalue weighted by atomic mass is 10.0. The zero-order chi connectivity index (χ0) is 19.0. The van der Waals surface area contributed by atoms with Gasteiger partial charge in [-0.25, -0.2) is 14.1 Å². The Morgan fingerprint density at radius 3 is 2.74 bits per heavy atom. The topological polar surface area (TPSA) is 66.8 Å². The van der Waals surface area contributed by atoms with Gasteiger partial charge in [-0.2, -0.15) is 0 Å². The van der Waals surface area contributed by atoms with Gasteiger partial charge in [-0.1, -0.05) is 36.4 Å². The number of benzene rings is 2. The number of carbonyl (C=O) groups is 2. The van der Waals surface area contributed by atoms with E-state index in [4.69, 9.17) is 4.74 Å². The van der Waals surface area contributed by atoms with Crippen molar-refractivity contribution in [3.05, 3.63) is 71.0 Å². The third-order valence-corrected chi connectivity index (χ3v) is 5.27. The van der Waals surface area contributed by atoms with Gasteiger partial charge in [0.1, 0.15) is 18.0 Å². The summed E-state index contributed by atoms with van der Waals surface area (Å²) in [6.07, 6.45) is -0.153. The monoisotopic (exact) mass is 369 g/mol. The summed E-state index contributed by atoms with van der Waals surface area (Å²) in [7, 11) is 0. The molecule has 0 aromatic heterocycles. The maximum absolute atomic E-state index is 13.0. The smallest absolute Gasteiger partial charge is 0.417 e. The zero-order valence-corrected chi connectivity index (χ0v) is 14.7. The lowest BCUT2D eigenvalue weighted by Crippen LogP contribution is -2.34. The van der Waals surface area contributed by atoms with Crippen LogP contribution in [0, 0.1) is 5.82 Å². The van der Waals surface area contributed by atoms with Crippen LogP contribution in [-0.4, -0.2) is 28.1 Å². The number of aliphatic hydroxyl groups is 1. The molecule has 0 radical (unpaired) electrons. The number of hydrogen-bond donors (Lipinski definition) is 1. The van der Waals surface area contributed by atoms with Crippen LogP contribution >= 0.6 is 0 Å². The SMILES string of the molecule is O=C(CCC[C@H](O)c1ccc(F)cc1)N1C(=O)O[C@@H]2Cc3ccccc3[C@H]21. The first-order valence-electron chi connectivity index (χ1n) is 9.08. The van der Waals surface area contributed by atoms with Gasteiger partial charge in [-0.05, 0) is 41.7 Å². The highest BCUT2D eigenvalue weighted by atomic mass is 19.1. The molecule has 3 atom stereocenters. The Bertz CT molecular complexity index is 867. The Labute approximate surface area is 156 Å². The molecule has 5 nitrogen and oxygen atoms in total. The van der Waals surface area contributed by atoms with Crippen molar-refractivity contribution in [2.24, 2.45) is 0 Å². The van der Waals surface area contributed by atoms with E-state index in [1.54, 1.807) is 0 Å². The normalized spacial score (nSPS) is 21.6. The van der Waals surface area contributed by atoms with E-state index in [1.165, 1.54) is 29.2 Å². The second-order valence-electron chi connectivity index (χ2n) is 6.99. The number of fused-ring (bicyclic) bond motifs is 3. The Balaban J connectivity index is 1.38. The molecule has 27 heavy (non-hydrogen) atoms. The Morgan fingerprint density at radius 2 is 1.96 bits per heavy atom. The van der Waals surface area contributed by atoms with E-state index in [1.807, 2.05) is 24.3 Å². The van der Waals surface area contributed by atoms with Crippen molar-refractivity contribution < 1.29 is 23.8 Å². The number of halogens is 1. The fraction of sp³-hybridized carbons (Fsp3) is 0.333. The summed E-state index contributed by atoms with van der Waals surface area (Å²) in [6.45, 7) is 0. The molecule has 1 saturated heterocycles. The first kappa shape index (κ1) is 17.7. The van der Waals surface area contributed by atoms with Gasteiger partial charge < -0.3 is 9.84 Å². The number of rotatable bonds is 5. The fourth-order valence-corrected chi connectivity index (χ4v) is 3.92. The maximum Gasteiger partial charge on any atom is 0.417 e. The minimum Gasteiger partial charge on any atom is -0.443 e. The molecule has 6 heteroatoms. The highest BCUT2D eigenvalue weighted by Crippen LogP contribution is 2.42. The molecule has 2 aromatic carbocycles. The van der Waals surface area contributed by atoms with E-state index in [2.05, 4.69) is 0 Å². The summed E-state index contributed by atoms with van der Waals surface area (Å²) < 4.78 is 18.3. The van der Waals surface area contributed by atoms with Crippen molar-refractivity contribution in [3.8, 4) is 0 Å². The quantitative estimate of drug-likeness (QED) is 0.873. The van der Waals surface area contributed by atoms with Crippen molar-refractivity contribution in [1.29, 1.82) is 0 Å². The van der Waals surface area contributed by atoms with Gasteiger partial charge in [0.2, 0.25) is 5.91 Å². The van der Waals surface area contributed by atoms with Crippen LogP contribution in [-0.2, 0) is 16.0 Å². The highest BCUT2D eigenvalue weighted by molar-refractivity contribution is 5.94. The standard InChI is InChI=1S/C21H20FNO4/c22-15-10-8-13(9-11-15)17(24)6-3-7-19(25)23-20-16-5-2-1-4-14(16)12-18(20)27-21(23)26/h1-2,4-5,8-11,17-18,20,24H,3,6-7,12H2/t17-,18+,20+/m0/s1. The Morgan fingerprint density at radius 1 is 1.22 bits per heavy atom. The molecule has 1 heterocycles. The van der Waals surface area contributed by atoms with E-state index in [0.717, 1.165) is 11.1 Å². The van der Waals surface area contributed by atoms with Crippen LogP contribution in [0.2, 0.25) is 0 Å². The second-order valence-corrected chi connectivity index (χ2v) is 6.99. The lowest BCUT2D eigenvalue weighted by molar-refractivity contribution is -0.129. The molecule has 2 aromatic rings. The molecule has 0 spiro atoms. The maximum atomic E-state index is 13.0. The van der Waals surface area contributed by atoms with Crippen molar-refractivity contribution in [2.75, 3.05) is 0 Å². The summed E-state index contributed by atoms with van der Waals surface area (Å²) in [6, 6.07) is 13.0. The van der Waals surface area contributed by atoms with Gasteiger partial charge in [0, 0.05) is 12.8 Å². The third kappa shape index (κ3) is 3.32. The Kier molecular flexibility index (Phi) is 4.66. The van der Waals surface area contributed by atoms with Gasteiger partial charge in [0.05, 0.1) is 6.10 Å². The number of hydrogen-bond acceptors (Lipinski definition) is 4. The van der Waals surface area contributed by atoms with Crippen LogP contribution in [0.4, 0.5) is 9.18 Å². The molecule has 0 unspecified atom stereocenters. The number of imide groups is 1. The molecule has 140 valence electrons.